The summed E-state index contributed by atoms with van der Waals surface area (Å²) in [5.74, 6) is 1.70. The first-order valence-corrected chi connectivity index (χ1v) is 8.23. The Morgan fingerprint density at radius 2 is 2.15 bits per heavy atom. The fourth-order valence-electron chi connectivity index (χ4n) is 2.68. The first kappa shape index (κ1) is 13.8. The van der Waals surface area contributed by atoms with Crippen molar-refractivity contribution in [1.29, 1.82) is 0 Å². The highest BCUT2D eigenvalue weighted by Gasteiger charge is 2.17. The zero-order valence-corrected chi connectivity index (χ0v) is 13.3. The van der Waals surface area contributed by atoms with E-state index in [2.05, 4.69) is 23.3 Å². The van der Waals surface area contributed by atoms with Gasteiger partial charge in [0.1, 0.15) is 5.76 Å². The predicted molar refractivity (Wildman–Crippen MR) is 82.2 cm³/mol. The molecular formula is C16H22N2OS. The topological polar surface area (TPSA) is 38.1 Å². The van der Waals surface area contributed by atoms with E-state index in [9.17, 15) is 0 Å². The summed E-state index contributed by atoms with van der Waals surface area (Å²) in [6, 6.07) is 2.75. The van der Waals surface area contributed by atoms with Crippen LogP contribution in [0.1, 0.15) is 58.5 Å². The van der Waals surface area contributed by atoms with Gasteiger partial charge in [0.2, 0.25) is 5.89 Å². The maximum absolute atomic E-state index is 5.61. The van der Waals surface area contributed by atoms with Crippen LogP contribution in [0.5, 0.6) is 0 Å². The number of aryl methyl sites for hydroxylation is 4. The second-order valence-electron chi connectivity index (χ2n) is 5.66. The first-order valence-electron chi connectivity index (χ1n) is 7.41. The van der Waals surface area contributed by atoms with Crippen molar-refractivity contribution >= 4 is 11.3 Å². The lowest BCUT2D eigenvalue weighted by Crippen LogP contribution is -2.17. The Bertz CT molecular complexity index is 557. The van der Waals surface area contributed by atoms with Gasteiger partial charge in [-0.25, -0.2) is 4.98 Å². The van der Waals surface area contributed by atoms with Crippen molar-refractivity contribution in [3.8, 4) is 0 Å². The van der Waals surface area contributed by atoms with Gasteiger partial charge in [0.05, 0.1) is 12.2 Å². The van der Waals surface area contributed by atoms with Crippen LogP contribution in [-0.2, 0) is 19.4 Å². The Labute approximate surface area is 124 Å². The third-order valence-corrected chi connectivity index (χ3v) is 5.49. The van der Waals surface area contributed by atoms with Crippen molar-refractivity contribution in [2.75, 3.05) is 0 Å². The Morgan fingerprint density at radius 1 is 1.35 bits per heavy atom. The van der Waals surface area contributed by atoms with Gasteiger partial charge < -0.3 is 9.73 Å². The van der Waals surface area contributed by atoms with Crippen LogP contribution in [-0.4, -0.2) is 4.98 Å². The highest BCUT2D eigenvalue weighted by atomic mass is 32.1. The van der Waals surface area contributed by atoms with Crippen LogP contribution < -0.4 is 5.32 Å². The molecule has 1 atom stereocenters. The van der Waals surface area contributed by atoms with E-state index in [0.29, 0.717) is 12.6 Å². The Kier molecular flexibility index (Phi) is 3.94. The molecule has 0 spiro atoms. The number of rotatable bonds is 4. The highest BCUT2D eigenvalue weighted by molar-refractivity contribution is 7.12. The molecule has 2 heterocycles. The fraction of sp³-hybridized carbons (Fsp3) is 0.562. The lowest BCUT2D eigenvalue weighted by Gasteiger charge is -2.09. The van der Waals surface area contributed by atoms with Gasteiger partial charge in [0.15, 0.2) is 0 Å². The number of fused-ring (bicyclic) bond motifs is 1. The number of thiophene rings is 1. The molecule has 0 bridgehead atoms. The molecule has 4 heteroatoms. The van der Waals surface area contributed by atoms with Crippen LogP contribution in [0.25, 0.3) is 0 Å². The molecule has 0 radical (unpaired) electrons. The Hall–Kier alpha value is -1.13. The van der Waals surface area contributed by atoms with Gasteiger partial charge >= 0.3 is 0 Å². The lowest BCUT2D eigenvalue weighted by molar-refractivity contribution is 0.433. The van der Waals surface area contributed by atoms with Crippen molar-refractivity contribution in [2.24, 2.45) is 0 Å². The van der Waals surface area contributed by atoms with Crippen LogP contribution in [0.4, 0.5) is 0 Å². The molecule has 2 aromatic rings. The van der Waals surface area contributed by atoms with Crippen molar-refractivity contribution in [2.45, 2.75) is 59.0 Å². The average molecular weight is 290 g/mol. The second kappa shape index (κ2) is 5.70. The molecule has 2 aromatic heterocycles. The quantitative estimate of drug-likeness (QED) is 0.922. The molecule has 0 fully saturated rings. The second-order valence-corrected chi connectivity index (χ2v) is 6.82. The Morgan fingerprint density at radius 3 is 2.85 bits per heavy atom. The average Bonchev–Trinajstić information content (AvgIpc) is 3.00. The summed E-state index contributed by atoms with van der Waals surface area (Å²) >= 11 is 1.97. The van der Waals surface area contributed by atoms with Gasteiger partial charge in [-0.05, 0) is 58.1 Å². The number of oxazole rings is 1. The number of nitrogens with one attached hydrogen (secondary N) is 1. The summed E-state index contributed by atoms with van der Waals surface area (Å²) in [7, 11) is 0. The van der Waals surface area contributed by atoms with Crippen LogP contribution in [0, 0.1) is 13.8 Å². The first-order chi connectivity index (χ1) is 9.63. The number of hydrogen-bond acceptors (Lipinski definition) is 4. The summed E-state index contributed by atoms with van der Waals surface area (Å²) in [6.45, 7) is 6.86. The third kappa shape index (κ3) is 2.81. The molecule has 0 amide bonds. The van der Waals surface area contributed by atoms with E-state index in [4.69, 9.17) is 4.42 Å². The molecule has 0 saturated heterocycles. The van der Waals surface area contributed by atoms with Gasteiger partial charge in [-0.15, -0.1) is 11.3 Å². The summed E-state index contributed by atoms with van der Waals surface area (Å²) < 4.78 is 5.61. The summed E-state index contributed by atoms with van der Waals surface area (Å²) in [6.07, 6.45) is 5.23. The highest BCUT2D eigenvalue weighted by Crippen LogP contribution is 2.32. The van der Waals surface area contributed by atoms with E-state index in [1.54, 1.807) is 10.4 Å². The normalized spacial score (nSPS) is 16.1. The van der Waals surface area contributed by atoms with E-state index < -0.39 is 0 Å². The molecule has 1 N–H and O–H groups in total. The molecule has 1 aliphatic rings. The standard InChI is InChI=1S/C16H22N2OS/c1-10-12(3)19-16(18-10)9-17-11(2)15-8-13-6-4-5-7-14(13)20-15/h8,11,17H,4-7,9H2,1-3H3. The molecule has 20 heavy (non-hydrogen) atoms. The van der Waals surface area contributed by atoms with Crippen molar-refractivity contribution in [3.63, 3.8) is 0 Å². The monoisotopic (exact) mass is 290 g/mol. The number of aromatic nitrogens is 1. The van der Waals surface area contributed by atoms with Gasteiger partial charge in [0, 0.05) is 15.8 Å². The maximum Gasteiger partial charge on any atom is 0.208 e. The van der Waals surface area contributed by atoms with Gasteiger partial charge in [-0.1, -0.05) is 0 Å². The van der Waals surface area contributed by atoms with E-state index >= 15 is 0 Å². The fourth-order valence-corrected chi connectivity index (χ4v) is 3.97. The van der Waals surface area contributed by atoms with E-state index in [1.807, 2.05) is 25.2 Å². The molecule has 0 saturated carbocycles. The number of nitrogens with zero attached hydrogens (tertiary/aromatic N) is 1. The number of hydrogen-bond donors (Lipinski definition) is 1. The maximum atomic E-state index is 5.61. The molecule has 0 aromatic carbocycles. The lowest BCUT2D eigenvalue weighted by atomic mass is 9.99. The van der Waals surface area contributed by atoms with Crippen molar-refractivity contribution in [1.82, 2.24) is 10.3 Å². The Balaban J connectivity index is 1.64. The smallest absolute Gasteiger partial charge is 0.208 e. The molecule has 3 nitrogen and oxygen atoms in total. The minimum absolute atomic E-state index is 0.359. The van der Waals surface area contributed by atoms with Crippen LogP contribution in [0.3, 0.4) is 0 Å². The van der Waals surface area contributed by atoms with Crippen LogP contribution in [0.15, 0.2) is 10.5 Å². The van der Waals surface area contributed by atoms with Crippen LogP contribution in [0.2, 0.25) is 0 Å². The molecule has 108 valence electrons. The largest absolute Gasteiger partial charge is 0.444 e. The van der Waals surface area contributed by atoms with Crippen LogP contribution >= 0.6 is 11.3 Å². The summed E-state index contributed by atoms with van der Waals surface area (Å²) in [5, 5.41) is 3.52. The molecule has 1 aliphatic carbocycles. The summed E-state index contributed by atoms with van der Waals surface area (Å²) in [4.78, 5) is 7.46. The molecule has 0 aliphatic heterocycles. The minimum atomic E-state index is 0.359. The third-order valence-electron chi connectivity index (χ3n) is 4.07. The molecule has 3 rings (SSSR count). The van der Waals surface area contributed by atoms with Gasteiger partial charge in [-0.2, -0.15) is 0 Å². The predicted octanol–water partition coefficient (Wildman–Crippen LogP) is 4.08. The van der Waals surface area contributed by atoms with E-state index in [1.165, 1.54) is 30.6 Å². The zero-order chi connectivity index (χ0) is 14.1. The van der Waals surface area contributed by atoms with Gasteiger partial charge in [0.25, 0.3) is 0 Å². The summed E-state index contributed by atoms with van der Waals surface area (Å²) in [5.41, 5.74) is 2.56. The van der Waals surface area contributed by atoms with E-state index in [0.717, 1.165) is 17.3 Å². The SMILES string of the molecule is Cc1nc(CNC(C)c2cc3c(s2)CCCC3)oc1C. The zero-order valence-electron chi connectivity index (χ0n) is 12.5. The molecular weight excluding hydrogens is 268 g/mol. The van der Waals surface area contributed by atoms with Crippen molar-refractivity contribution < 1.29 is 4.42 Å². The van der Waals surface area contributed by atoms with E-state index in [-0.39, 0.29) is 0 Å². The van der Waals surface area contributed by atoms with Crippen molar-refractivity contribution in [3.05, 3.63) is 38.7 Å². The molecule has 1 unspecified atom stereocenters. The van der Waals surface area contributed by atoms with Gasteiger partial charge in [-0.3, -0.25) is 0 Å². The minimum Gasteiger partial charge on any atom is -0.444 e.